The molecular weight excluding hydrogens is 448 g/mol. The fraction of sp³-hybridized carbons (Fsp3) is 0.263. The molecule has 3 aromatic rings. The van der Waals surface area contributed by atoms with Crippen molar-refractivity contribution in [2.75, 3.05) is 7.11 Å². The van der Waals surface area contributed by atoms with E-state index in [0.29, 0.717) is 23.4 Å². The van der Waals surface area contributed by atoms with Crippen LogP contribution in [0, 0.1) is 10.1 Å². The molecular formula is C19H17ClN4O6S. The molecule has 12 heteroatoms. The Kier molecular flexibility index (Phi) is 5.65. The summed E-state index contributed by atoms with van der Waals surface area (Å²) < 4.78 is 38.5. The molecule has 1 aromatic heterocycles. The Hall–Kier alpha value is -3.02. The highest BCUT2D eigenvalue weighted by molar-refractivity contribution is 7.89. The minimum Gasteiger partial charge on any atom is -0.497 e. The van der Waals surface area contributed by atoms with Crippen molar-refractivity contribution >= 4 is 27.3 Å². The van der Waals surface area contributed by atoms with Crippen LogP contribution in [0.1, 0.15) is 18.7 Å². The van der Waals surface area contributed by atoms with E-state index in [2.05, 4.69) is 10.2 Å². The Balaban J connectivity index is 1.68. The summed E-state index contributed by atoms with van der Waals surface area (Å²) in [6.45, 7) is -0.215. The predicted octanol–water partition coefficient (Wildman–Crippen LogP) is 3.66. The summed E-state index contributed by atoms with van der Waals surface area (Å²) in [6.07, 6.45) is 1.27. The van der Waals surface area contributed by atoms with Crippen LogP contribution in [0.15, 0.2) is 51.8 Å². The highest BCUT2D eigenvalue weighted by Gasteiger charge is 2.42. The number of ether oxygens (including phenoxy) is 1. The third kappa shape index (κ3) is 4.24. The van der Waals surface area contributed by atoms with Crippen molar-refractivity contribution < 1.29 is 22.5 Å². The van der Waals surface area contributed by atoms with Gasteiger partial charge in [0.05, 0.1) is 35.2 Å². The minimum absolute atomic E-state index is 0.0570. The first-order chi connectivity index (χ1) is 14.8. The van der Waals surface area contributed by atoms with Gasteiger partial charge >= 0.3 is 0 Å². The molecule has 4 rings (SSSR count). The molecule has 1 aliphatic rings. The van der Waals surface area contributed by atoms with E-state index in [9.17, 15) is 18.5 Å². The van der Waals surface area contributed by atoms with E-state index in [1.165, 1.54) is 19.2 Å². The number of sulfonamides is 1. The second kappa shape index (κ2) is 8.25. The van der Waals surface area contributed by atoms with E-state index in [-0.39, 0.29) is 30.1 Å². The molecule has 0 radical (unpaired) electrons. The molecule has 1 heterocycles. The van der Waals surface area contributed by atoms with Gasteiger partial charge in [-0.3, -0.25) is 10.1 Å². The zero-order valence-electron chi connectivity index (χ0n) is 16.3. The summed E-state index contributed by atoms with van der Waals surface area (Å²) in [7, 11) is -2.87. The second-order valence-corrected chi connectivity index (χ2v) is 9.12. The van der Waals surface area contributed by atoms with Crippen LogP contribution in [0.25, 0.3) is 11.5 Å². The SMILES string of the molecule is COc1ccc(S(=O)(=O)N(Cc2nnc(-c3ccccc3Cl)o2)C2CC2)c([N+](=O)[O-])c1. The van der Waals surface area contributed by atoms with Crippen LogP contribution in [-0.4, -0.2) is 41.0 Å². The van der Waals surface area contributed by atoms with Crippen LogP contribution in [-0.2, 0) is 16.6 Å². The monoisotopic (exact) mass is 464 g/mol. The smallest absolute Gasteiger partial charge is 0.293 e. The van der Waals surface area contributed by atoms with Gasteiger partial charge in [-0.1, -0.05) is 23.7 Å². The van der Waals surface area contributed by atoms with Gasteiger partial charge < -0.3 is 9.15 Å². The first-order valence-corrected chi connectivity index (χ1v) is 11.0. The summed E-state index contributed by atoms with van der Waals surface area (Å²) in [5.74, 6) is 0.399. The summed E-state index contributed by atoms with van der Waals surface area (Å²) in [5, 5.41) is 19.8. The Labute approximate surface area is 182 Å². The Morgan fingerprint density at radius 3 is 2.65 bits per heavy atom. The number of rotatable bonds is 8. The average Bonchev–Trinajstić information content (AvgIpc) is 3.49. The number of hydrogen-bond acceptors (Lipinski definition) is 8. The van der Waals surface area contributed by atoms with Gasteiger partial charge in [-0.2, -0.15) is 4.31 Å². The van der Waals surface area contributed by atoms with E-state index in [4.69, 9.17) is 20.8 Å². The average molecular weight is 465 g/mol. The van der Waals surface area contributed by atoms with Crippen molar-refractivity contribution in [1.82, 2.24) is 14.5 Å². The third-order valence-corrected chi connectivity index (χ3v) is 7.04. The van der Waals surface area contributed by atoms with Gasteiger partial charge in [-0.05, 0) is 37.1 Å². The van der Waals surface area contributed by atoms with E-state index >= 15 is 0 Å². The normalized spacial score (nSPS) is 14.0. The van der Waals surface area contributed by atoms with Crippen LogP contribution in [0.3, 0.4) is 0 Å². The van der Waals surface area contributed by atoms with Crippen molar-refractivity contribution in [3.05, 3.63) is 63.5 Å². The molecule has 162 valence electrons. The van der Waals surface area contributed by atoms with Gasteiger partial charge in [0.25, 0.3) is 15.7 Å². The van der Waals surface area contributed by atoms with Crippen LogP contribution >= 0.6 is 11.6 Å². The van der Waals surface area contributed by atoms with E-state index in [1.54, 1.807) is 24.3 Å². The number of aromatic nitrogens is 2. The molecule has 0 aliphatic heterocycles. The largest absolute Gasteiger partial charge is 0.497 e. The van der Waals surface area contributed by atoms with E-state index in [0.717, 1.165) is 10.4 Å². The summed E-state index contributed by atoms with van der Waals surface area (Å²) in [6, 6.07) is 10.2. The fourth-order valence-electron chi connectivity index (χ4n) is 3.08. The van der Waals surface area contributed by atoms with Gasteiger partial charge in [-0.25, -0.2) is 8.42 Å². The van der Waals surface area contributed by atoms with Gasteiger partial charge in [0.2, 0.25) is 11.8 Å². The molecule has 0 N–H and O–H groups in total. The lowest BCUT2D eigenvalue weighted by molar-refractivity contribution is -0.387. The van der Waals surface area contributed by atoms with Crippen LogP contribution in [0.5, 0.6) is 5.75 Å². The van der Waals surface area contributed by atoms with Gasteiger partial charge in [-0.15, -0.1) is 10.2 Å². The number of halogens is 1. The molecule has 0 unspecified atom stereocenters. The summed E-state index contributed by atoms with van der Waals surface area (Å²) in [5.41, 5.74) is -0.0400. The fourth-order valence-corrected chi connectivity index (χ4v) is 5.07. The molecule has 0 saturated heterocycles. The van der Waals surface area contributed by atoms with Crippen molar-refractivity contribution in [2.45, 2.75) is 30.3 Å². The molecule has 1 fully saturated rings. The number of nitro groups is 1. The lowest BCUT2D eigenvalue weighted by Gasteiger charge is -2.20. The highest BCUT2D eigenvalue weighted by Crippen LogP contribution is 2.37. The van der Waals surface area contributed by atoms with E-state index < -0.39 is 25.5 Å². The minimum atomic E-state index is -4.22. The maximum Gasteiger partial charge on any atom is 0.293 e. The zero-order valence-corrected chi connectivity index (χ0v) is 17.8. The molecule has 1 aliphatic carbocycles. The Bertz CT molecular complexity index is 1240. The van der Waals surface area contributed by atoms with Crippen molar-refractivity contribution in [3.63, 3.8) is 0 Å². The van der Waals surface area contributed by atoms with E-state index in [1.807, 2.05) is 0 Å². The molecule has 31 heavy (non-hydrogen) atoms. The maximum atomic E-state index is 13.3. The summed E-state index contributed by atoms with van der Waals surface area (Å²) in [4.78, 5) is 10.3. The molecule has 0 spiro atoms. The van der Waals surface area contributed by atoms with Crippen LogP contribution in [0.2, 0.25) is 5.02 Å². The Morgan fingerprint density at radius 1 is 1.26 bits per heavy atom. The van der Waals surface area contributed by atoms with Gasteiger partial charge in [0, 0.05) is 6.04 Å². The molecule has 10 nitrogen and oxygen atoms in total. The molecule has 0 bridgehead atoms. The number of nitrogens with zero attached hydrogens (tertiary/aromatic N) is 4. The number of methoxy groups -OCH3 is 1. The van der Waals surface area contributed by atoms with Gasteiger partial charge in [0.15, 0.2) is 4.90 Å². The zero-order chi connectivity index (χ0) is 22.2. The second-order valence-electron chi connectivity index (χ2n) is 6.85. The first kappa shape index (κ1) is 21.2. The van der Waals surface area contributed by atoms with Crippen molar-refractivity contribution in [2.24, 2.45) is 0 Å². The lowest BCUT2D eigenvalue weighted by Crippen LogP contribution is -2.33. The Morgan fingerprint density at radius 2 is 2.00 bits per heavy atom. The van der Waals surface area contributed by atoms with Crippen LogP contribution < -0.4 is 4.74 Å². The quantitative estimate of drug-likeness (QED) is 0.364. The topological polar surface area (TPSA) is 129 Å². The third-order valence-electron chi connectivity index (χ3n) is 4.77. The molecule has 0 atom stereocenters. The number of nitro benzene ring substituents is 1. The first-order valence-electron chi connectivity index (χ1n) is 9.23. The molecule has 1 saturated carbocycles. The molecule has 0 amide bonds. The number of hydrogen-bond donors (Lipinski definition) is 0. The number of benzene rings is 2. The summed E-state index contributed by atoms with van der Waals surface area (Å²) >= 11 is 6.15. The lowest BCUT2D eigenvalue weighted by atomic mass is 10.2. The highest BCUT2D eigenvalue weighted by atomic mass is 35.5. The van der Waals surface area contributed by atoms with Gasteiger partial charge in [0.1, 0.15) is 5.75 Å². The molecule has 2 aromatic carbocycles. The predicted molar refractivity (Wildman–Crippen MR) is 110 cm³/mol. The maximum absolute atomic E-state index is 13.3. The van der Waals surface area contributed by atoms with Crippen molar-refractivity contribution in [1.29, 1.82) is 0 Å². The van der Waals surface area contributed by atoms with Crippen LogP contribution in [0.4, 0.5) is 5.69 Å². The standard InChI is InChI=1S/C19H17ClN4O6S/c1-29-13-8-9-17(16(10-13)24(25)26)31(27,28)23(12-6-7-12)11-18-21-22-19(30-18)14-4-2-3-5-15(14)20/h2-5,8-10,12H,6-7,11H2,1H3. The van der Waals surface area contributed by atoms with Crippen molar-refractivity contribution in [3.8, 4) is 17.2 Å².